The maximum absolute atomic E-state index is 4.88. The van der Waals surface area contributed by atoms with E-state index >= 15 is 0 Å². The number of hydrogen-bond donors (Lipinski definition) is 0. The Morgan fingerprint density at radius 1 is 1.22 bits per heavy atom. The molecule has 0 fully saturated rings. The van der Waals surface area contributed by atoms with Crippen molar-refractivity contribution in [2.45, 2.75) is 0 Å². The number of benzene rings is 1. The van der Waals surface area contributed by atoms with Gasteiger partial charge in [0.2, 0.25) is 0 Å². The fourth-order valence-corrected chi connectivity index (χ4v) is 2.48. The average Bonchev–Trinajstić information content (AvgIpc) is 2.33. The van der Waals surface area contributed by atoms with Crippen LogP contribution < -0.4 is 8.40 Å². The molecule has 3 heteroatoms. The van der Waals surface area contributed by atoms with Crippen molar-refractivity contribution in [3.8, 4) is 5.75 Å². The second kappa shape index (κ2) is 2.20. The van der Waals surface area contributed by atoms with Crippen molar-refractivity contribution < 1.29 is 8.05 Å². The Morgan fingerprint density at radius 3 is 3.00 bits per heavy atom. The van der Waals surface area contributed by atoms with E-state index in [4.69, 9.17) is 8.05 Å². The maximum atomic E-state index is 4.88. The van der Waals surface area contributed by atoms with Gasteiger partial charge in [-0.05, 0) is 0 Å². The Labute approximate surface area is 63.8 Å². The van der Waals surface area contributed by atoms with Gasteiger partial charge in [0.1, 0.15) is 0 Å². The molecule has 0 bridgehead atoms. The molecule has 0 unspecified atom stereocenters. The Bertz CT molecular complexity index is 201. The van der Waals surface area contributed by atoms with Crippen LogP contribution in [0.25, 0.3) is 0 Å². The molecule has 1 aliphatic heterocycles. The quantitative estimate of drug-likeness (QED) is 0.461. The summed E-state index contributed by atoms with van der Waals surface area (Å²) in [5.41, 5.74) is 0. The predicted molar refractivity (Wildman–Crippen MR) is 34.9 cm³/mol. The summed E-state index contributed by atoms with van der Waals surface area (Å²) in [6.07, 6.45) is 0. The molecule has 0 saturated carbocycles. The van der Waals surface area contributed by atoms with Crippen molar-refractivity contribution in [1.29, 1.82) is 0 Å². The molecular weight excluding hydrogens is 226 g/mol. The third-order valence-electron chi connectivity index (χ3n) is 1.17. The van der Waals surface area contributed by atoms with Crippen molar-refractivity contribution in [2.75, 3.05) is 0 Å². The van der Waals surface area contributed by atoms with Gasteiger partial charge >= 0.3 is 63.6 Å². The molecule has 0 aromatic heterocycles. The van der Waals surface area contributed by atoms with Gasteiger partial charge in [0, 0.05) is 0 Å². The van der Waals surface area contributed by atoms with E-state index in [9.17, 15) is 0 Å². The molecule has 0 N–H and O–H groups in total. The summed E-state index contributed by atoms with van der Waals surface area (Å²) in [5, 5.41) is 0. The van der Waals surface area contributed by atoms with Crippen LogP contribution in [0.1, 0.15) is 0 Å². The van der Waals surface area contributed by atoms with Gasteiger partial charge in [0.05, 0.1) is 0 Å². The minimum absolute atomic E-state index is 0.779. The van der Waals surface area contributed by atoms with E-state index in [1.807, 2.05) is 18.2 Å². The third kappa shape index (κ3) is 0.929. The normalized spacial score (nSPS) is 14.7. The van der Waals surface area contributed by atoms with Gasteiger partial charge < -0.3 is 0 Å². The molecular formula is C6H5O2Sb. The summed E-state index contributed by atoms with van der Waals surface area (Å²) in [4.78, 5) is 4.87. The molecule has 9 heavy (non-hydrogen) atoms. The van der Waals surface area contributed by atoms with Gasteiger partial charge in [0.25, 0.3) is 0 Å². The molecule has 1 aliphatic rings. The van der Waals surface area contributed by atoms with Gasteiger partial charge in [-0.15, -0.1) is 0 Å². The van der Waals surface area contributed by atoms with Crippen LogP contribution in [0.4, 0.5) is 0 Å². The van der Waals surface area contributed by atoms with Crippen molar-refractivity contribution in [2.24, 2.45) is 0 Å². The van der Waals surface area contributed by atoms with Crippen LogP contribution in [0.3, 0.4) is 0 Å². The van der Waals surface area contributed by atoms with Crippen LogP contribution in [0.15, 0.2) is 24.3 Å². The first-order valence-corrected chi connectivity index (χ1v) is 5.24. The molecule has 1 aromatic rings. The molecule has 0 spiro atoms. The van der Waals surface area contributed by atoms with Crippen LogP contribution in [-0.4, -0.2) is 22.0 Å². The fraction of sp³-hybridized carbons (Fsp3) is 0. The molecule has 1 heterocycles. The molecule has 0 amide bonds. The third-order valence-corrected chi connectivity index (χ3v) is 3.45. The number of rotatable bonds is 0. The van der Waals surface area contributed by atoms with Crippen LogP contribution in [0.2, 0.25) is 0 Å². The van der Waals surface area contributed by atoms with E-state index in [2.05, 4.69) is 6.07 Å². The second-order valence-electron chi connectivity index (χ2n) is 1.76. The monoisotopic (exact) mass is 230 g/mol. The topological polar surface area (TPSA) is 18.5 Å². The van der Waals surface area contributed by atoms with Gasteiger partial charge in [-0.2, -0.15) is 0 Å². The van der Waals surface area contributed by atoms with Gasteiger partial charge in [-0.1, -0.05) is 0 Å². The molecule has 0 radical (unpaired) electrons. The molecule has 1 aromatic carbocycles. The van der Waals surface area contributed by atoms with Gasteiger partial charge in [0.15, 0.2) is 0 Å². The van der Waals surface area contributed by atoms with E-state index in [1.54, 1.807) is 0 Å². The number of fused-ring (bicyclic) bond motifs is 1. The first-order chi connectivity index (χ1) is 4.47. The Morgan fingerprint density at radius 2 is 2.11 bits per heavy atom. The molecule has 0 aliphatic carbocycles. The zero-order chi connectivity index (χ0) is 6.10. The van der Waals surface area contributed by atoms with E-state index in [0.717, 1.165) is 5.75 Å². The average molecular weight is 231 g/mol. The summed E-state index contributed by atoms with van der Waals surface area (Å²) in [6.45, 7) is 0. The SMILES string of the molecule is c1cc[c]2c(c1)O[O][SbH]2. The Balaban J connectivity index is 2.54. The van der Waals surface area contributed by atoms with Crippen molar-refractivity contribution >= 4 is 25.5 Å². The van der Waals surface area contributed by atoms with Crippen molar-refractivity contribution in [3.63, 3.8) is 0 Å². The zero-order valence-corrected chi connectivity index (χ0v) is 7.48. The number of para-hydroxylation sites is 1. The van der Waals surface area contributed by atoms with Crippen LogP contribution in [0.5, 0.6) is 5.75 Å². The van der Waals surface area contributed by atoms with Gasteiger partial charge in [-0.3, -0.25) is 0 Å². The van der Waals surface area contributed by atoms with E-state index in [1.165, 1.54) is 3.51 Å². The van der Waals surface area contributed by atoms with Crippen LogP contribution in [-0.2, 0) is 3.17 Å². The zero-order valence-electron chi connectivity index (χ0n) is 4.63. The van der Waals surface area contributed by atoms with Crippen LogP contribution >= 0.6 is 0 Å². The molecule has 2 nitrogen and oxygen atoms in total. The van der Waals surface area contributed by atoms with Crippen LogP contribution in [0, 0.1) is 0 Å². The van der Waals surface area contributed by atoms with E-state index in [0.29, 0.717) is 0 Å². The van der Waals surface area contributed by atoms with E-state index in [-0.39, 0.29) is 0 Å². The summed E-state index contributed by atoms with van der Waals surface area (Å²) < 4.78 is 6.18. The van der Waals surface area contributed by atoms with Crippen molar-refractivity contribution in [1.82, 2.24) is 0 Å². The summed E-state index contributed by atoms with van der Waals surface area (Å²) in [7, 11) is 0. The first-order valence-electron chi connectivity index (χ1n) is 2.65. The number of hydrogen-bond acceptors (Lipinski definition) is 2. The fourth-order valence-electron chi connectivity index (χ4n) is 0.734. The standard InChI is InChI=1S/C6H5O2.Sb.H/c7-8-6-4-2-1-3-5-6;;/h1-4,7H;;/q;+1;/p-1. The summed E-state index contributed by atoms with van der Waals surface area (Å²) in [5.74, 6) is 0.920. The molecule has 0 saturated heterocycles. The molecule has 46 valence electrons. The van der Waals surface area contributed by atoms with Gasteiger partial charge in [-0.25, -0.2) is 0 Å². The molecule has 0 atom stereocenters. The van der Waals surface area contributed by atoms with E-state index < -0.39 is 22.0 Å². The Kier molecular flexibility index (Phi) is 1.36. The van der Waals surface area contributed by atoms with Crippen molar-refractivity contribution in [3.05, 3.63) is 24.3 Å². The second-order valence-corrected chi connectivity index (χ2v) is 4.36. The minimum atomic E-state index is -0.779. The Hall–Kier alpha value is -0.202. The molecule has 2 rings (SSSR count). The predicted octanol–water partition coefficient (Wildman–Crippen LogP) is -0.0126. The summed E-state index contributed by atoms with van der Waals surface area (Å²) >= 11 is -0.779. The summed E-state index contributed by atoms with van der Waals surface area (Å²) in [6, 6.07) is 7.96. The first kappa shape index (κ1) is 5.57.